The second kappa shape index (κ2) is 5.36. The molecule has 2 unspecified atom stereocenters. The molecular weight excluding hydrogens is 264 g/mol. The molecule has 1 aromatic carbocycles. The van der Waals surface area contributed by atoms with Gasteiger partial charge in [0.25, 0.3) is 5.69 Å². The lowest BCUT2D eigenvalue weighted by atomic mass is 10.0. The number of benzene rings is 1. The Balaban J connectivity index is 2.35. The Hall–Kier alpha value is -2.31. The van der Waals surface area contributed by atoms with Crippen molar-refractivity contribution in [3.05, 3.63) is 28.3 Å². The van der Waals surface area contributed by atoms with Crippen LogP contribution in [0.4, 0.5) is 11.4 Å². The minimum Gasteiger partial charge on any atom is -0.496 e. The molecule has 1 heterocycles. The Labute approximate surface area is 115 Å². The van der Waals surface area contributed by atoms with Crippen LogP contribution in [-0.4, -0.2) is 35.7 Å². The van der Waals surface area contributed by atoms with Crippen molar-refractivity contribution in [1.82, 2.24) is 0 Å². The van der Waals surface area contributed by atoms with E-state index < -0.39 is 16.8 Å². The van der Waals surface area contributed by atoms with Gasteiger partial charge in [0.05, 0.1) is 24.0 Å². The summed E-state index contributed by atoms with van der Waals surface area (Å²) in [6.45, 7) is 2.37. The molecule has 0 aromatic heterocycles. The van der Waals surface area contributed by atoms with E-state index in [0.29, 0.717) is 24.4 Å². The standard InChI is InChI=1S/C13H16N2O5/c1-8-12(13(16)17)3-4-14(8)9-5-10(15(18)19)7-11(6-9)20-2/h5-8,12H,3-4H2,1-2H3,(H,16,17). The van der Waals surface area contributed by atoms with E-state index in [4.69, 9.17) is 9.84 Å². The summed E-state index contributed by atoms with van der Waals surface area (Å²) in [5.74, 6) is -0.905. The highest BCUT2D eigenvalue weighted by atomic mass is 16.6. The van der Waals surface area contributed by atoms with Gasteiger partial charge in [-0.25, -0.2) is 0 Å². The number of rotatable bonds is 4. The first-order valence-corrected chi connectivity index (χ1v) is 6.27. The third-order valence-electron chi connectivity index (χ3n) is 3.73. The van der Waals surface area contributed by atoms with Crippen molar-refractivity contribution in [2.24, 2.45) is 5.92 Å². The normalized spacial score (nSPS) is 21.8. The molecule has 1 fully saturated rings. The van der Waals surface area contributed by atoms with Crippen molar-refractivity contribution >= 4 is 17.3 Å². The summed E-state index contributed by atoms with van der Waals surface area (Å²) < 4.78 is 5.07. The third kappa shape index (κ3) is 2.52. The molecule has 1 N–H and O–H groups in total. The fourth-order valence-corrected chi connectivity index (χ4v) is 2.59. The lowest BCUT2D eigenvalue weighted by Crippen LogP contribution is -2.32. The van der Waals surface area contributed by atoms with Crippen LogP contribution in [0.1, 0.15) is 13.3 Å². The summed E-state index contributed by atoms with van der Waals surface area (Å²) in [5, 5.41) is 20.1. The largest absolute Gasteiger partial charge is 0.496 e. The zero-order valence-corrected chi connectivity index (χ0v) is 11.3. The number of hydrogen-bond donors (Lipinski definition) is 1. The number of nitro benzene ring substituents is 1. The van der Waals surface area contributed by atoms with Crippen molar-refractivity contribution < 1.29 is 19.6 Å². The molecule has 0 radical (unpaired) electrons. The molecule has 108 valence electrons. The van der Waals surface area contributed by atoms with Gasteiger partial charge in [0.15, 0.2) is 0 Å². The number of nitro groups is 1. The Morgan fingerprint density at radius 2 is 2.20 bits per heavy atom. The van der Waals surface area contributed by atoms with Gasteiger partial charge in [0.1, 0.15) is 5.75 Å². The van der Waals surface area contributed by atoms with Gasteiger partial charge in [-0.2, -0.15) is 0 Å². The summed E-state index contributed by atoms with van der Waals surface area (Å²) in [7, 11) is 1.44. The molecule has 20 heavy (non-hydrogen) atoms. The molecule has 2 rings (SSSR count). The monoisotopic (exact) mass is 280 g/mol. The van der Waals surface area contributed by atoms with Crippen LogP contribution in [0, 0.1) is 16.0 Å². The van der Waals surface area contributed by atoms with E-state index in [1.807, 2.05) is 11.8 Å². The van der Waals surface area contributed by atoms with Gasteiger partial charge in [-0.3, -0.25) is 14.9 Å². The first-order chi connectivity index (χ1) is 9.43. The summed E-state index contributed by atoms with van der Waals surface area (Å²) in [6, 6.07) is 4.27. The molecule has 1 aromatic rings. The Bertz CT molecular complexity index is 546. The lowest BCUT2D eigenvalue weighted by Gasteiger charge is -2.25. The molecule has 7 nitrogen and oxygen atoms in total. The average molecular weight is 280 g/mol. The zero-order chi connectivity index (χ0) is 14.9. The number of hydrogen-bond acceptors (Lipinski definition) is 5. The average Bonchev–Trinajstić information content (AvgIpc) is 2.80. The van der Waals surface area contributed by atoms with Crippen LogP contribution in [0.5, 0.6) is 5.75 Å². The molecule has 0 spiro atoms. The quantitative estimate of drug-likeness (QED) is 0.669. The maximum atomic E-state index is 11.1. The van der Waals surface area contributed by atoms with E-state index in [9.17, 15) is 14.9 Å². The second-order valence-electron chi connectivity index (χ2n) is 4.81. The van der Waals surface area contributed by atoms with E-state index in [1.165, 1.54) is 19.2 Å². The van der Waals surface area contributed by atoms with Crippen LogP contribution < -0.4 is 9.64 Å². The minimum atomic E-state index is -0.836. The molecular formula is C13H16N2O5. The topological polar surface area (TPSA) is 92.9 Å². The zero-order valence-electron chi connectivity index (χ0n) is 11.3. The summed E-state index contributed by atoms with van der Waals surface area (Å²) in [6.07, 6.45) is 0.529. The Kier molecular flexibility index (Phi) is 3.78. The molecule has 0 saturated carbocycles. The Morgan fingerprint density at radius 1 is 1.50 bits per heavy atom. The predicted octanol–water partition coefficient (Wildman–Crippen LogP) is 1.90. The molecule has 2 atom stereocenters. The van der Waals surface area contributed by atoms with Crippen molar-refractivity contribution in [3.8, 4) is 5.75 Å². The number of non-ortho nitro benzene ring substituents is 1. The molecule has 1 aliphatic heterocycles. The van der Waals surface area contributed by atoms with E-state index in [1.54, 1.807) is 6.07 Å². The van der Waals surface area contributed by atoms with Gasteiger partial charge < -0.3 is 14.7 Å². The molecule has 1 aliphatic rings. The number of ether oxygens (including phenoxy) is 1. The lowest BCUT2D eigenvalue weighted by molar-refractivity contribution is -0.384. The fourth-order valence-electron chi connectivity index (χ4n) is 2.59. The number of carbonyl (C=O) groups is 1. The van der Waals surface area contributed by atoms with Gasteiger partial charge in [-0.1, -0.05) is 0 Å². The van der Waals surface area contributed by atoms with Gasteiger partial charge >= 0.3 is 5.97 Å². The highest BCUT2D eigenvalue weighted by Crippen LogP contribution is 2.34. The van der Waals surface area contributed by atoms with Crippen LogP contribution in [0.3, 0.4) is 0 Å². The molecule has 0 bridgehead atoms. The van der Waals surface area contributed by atoms with Crippen LogP contribution in [0.25, 0.3) is 0 Å². The predicted molar refractivity (Wildman–Crippen MR) is 72.2 cm³/mol. The number of nitrogens with zero attached hydrogens (tertiary/aromatic N) is 2. The Morgan fingerprint density at radius 3 is 2.70 bits per heavy atom. The van der Waals surface area contributed by atoms with E-state index in [0.717, 1.165) is 0 Å². The van der Waals surface area contributed by atoms with E-state index in [2.05, 4.69) is 0 Å². The number of carboxylic acid groups (broad SMARTS) is 1. The van der Waals surface area contributed by atoms with Gasteiger partial charge in [-0.15, -0.1) is 0 Å². The second-order valence-corrected chi connectivity index (χ2v) is 4.81. The highest BCUT2D eigenvalue weighted by Gasteiger charge is 2.36. The summed E-state index contributed by atoms with van der Waals surface area (Å²) in [4.78, 5) is 23.4. The number of anilines is 1. The summed E-state index contributed by atoms with van der Waals surface area (Å²) >= 11 is 0. The van der Waals surface area contributed by atoms with Gasteiger partial charge in [0, 0.05) is 30.4 Å². The van der Waals surface area contributed by atoms with Crippen LogP contribution in [0.2, 0.25) is 0 Å². The van der Waals surface area contributed by atoms with Crippen LogP contribution in [-0.2, 0) is 4.79 Å². The maximum Gasteiger partial charge on any atom is 0.308 e. The van der Waals surface area contributed by atoms with Crippen molar-refractivity contribution in [1.29, 1.82) is 0 Å². The van der Waals surface area contributed by atoms with Crippen molar-refractivity contribution in [3.63, 3.8) is 0 Å². The van der Waals surface area contributed by atoms with Crippen LogP contribution in [0.15, 0.2) is 18.2 Å². The van der Waals surface area contributed by atoms with Crippen LogP contribution >= 0.6 is 0 Å². The number of aliphatic carboxylic acids is 1. The molecule has 0 aliphatic carbocycles. The first kappa shape index (κ1) is 14.1. The molecule has 1 saturated heterocycles. The van der Waals surface area contributed by atoms with Gasteiger partial charge in [0.2, 0.25) is 0 Å². The smallest absolute Gasteiger partial charge is 0.308 e. The van der Waals surface area contributed by atoms with E-state index in [-0.39, 0.29) is 11.7 Å². The number of methoxy groups -OCH3 is 1. The third-order valence-corrected chi connectivity index (χ3v) is 3.73. The first-order valence-electron chi connectivity index (χ1n) is 6.27. The number of carboxylic acids is 1. The minimum absolute atomic E-state index is 0.0645. The molecule has 0 amide bonds. The van der Waals surface area contributed by atoms with Gasteiger partial charge in [-0.05, 0) is 13.3 Å². The fraction of sp³-hybridized carbons (Fsp3) is 0.462. The van der Waals surface area contributed by atoms with Crippen molar-refractivity contribution in [2.75, 3.05) is 18.6 Å². The van der Waals surface area contributed by atoms with Crippen molar-refractivity contribution in [2.45, 2.75) is 19.4 Å². The SMILES string of the molecule is COc1cc(N2CCC(C(=O)O)C2C)cc([N+](=O)[O-])c1. The summed E-state index contributed by atoms with van der Waals surface area (Å²) in [5.41, 5.74) is 0.553. The molecule has 7 heteroatoms. The maximum absolute atomic E-state index is 11.1. The van der Waals surface area contributed by atoms with E-state index >= 15 is 0 Å². The highest BCUT2D eigenvalue weighted by molar-refractivity contribution is 5.73.